The van der Waals surface area contributed by atoms with Crippen molar-refractivity contribution in [2.24, 2.45) is 0 Å². The van der Waals surface area contributed by atoms with Crippen LogP contribution >= 0.6 is 11.6 Å². The molecule has 0 saturated heterocycles. The van der Waals surface area contributed by atoms with E-state index >= 15 is 0 Å². The minimum absolute atomic E-state index is 0.00944. The van der Waals surface area contributed by atoms with E-state index in [2.05, 4.69) is 20.2 Å². The minimum Gasteiger partial charge on any atom is -0.212 e. The number of tetrazole rings is 1. The van der Waals surface area contributed by atoms with Crippen LogP contribution in [0.5, 0.6) is 0 Å². The Balaban J connectivity index is 2.21. The van der Waals surface area contributed by atoms with Gasteiger partial charge in [-0.15, -0.1) is 5.10 Å². The number of benzene rings is 1. The summed E-state index contributed by atoms with van der Waals surface area (Å²) < 4.78 is 26.6. The van der Waals surface area contributed by atoms with Crippen molar-refractivity contribution in [3.63, 3.8) is 0 Å². The molecule has 102 valence electrons. The van der Waals surface area contributed by atoms with Crippen LogP contribution in [0.15, 0.2) is 24.3 Å². The van der Waals surface area contributed by atoms with E-state index in [0.717, 1.165) is 0 Å². The van der Waals surface area contributed by atoms with Gasteiger partial charge >= 0.3 is 0 Å². The third kappa shape index (κ3) is 3.49. The monoisotopic (exact) mass is 301 g/mol. The van der Waals surface area contributed by atoms with Crippen LogP contribution < -0.4 is 4.72 Å². The van der Waals surface area contributed by atoms with Gasteiger partial charge in [0.25, 0.3) is 0 Å². The molecule has 7 nitrogen and oxygen atoms in total. The zero-order valence-corrected chi connectivity index (χ0v) is 11.7. The second-order valence-electron chi connectivity index (χ2n) is 3.71. The summed E-state index contributed by atoms with van der Waals surface area (Å²) in [4.78, 5) is 0. The number of hydrogen-bond donors (Lipinski definition) is 1. The maximum atomic E-state index is 11.4. The molecule has 0 spiro atoms. The first-order valence-electron chi connectivity index (χ1n) is 5.52. The first-order chi connectivity index (χ1) is 9.02. The van der Waals surface area contributed by atoms with E-state index < -0.39 is 10.0 Å². The van der Waals surface area contributed by atoms with E-state index in [1.54, 1.807) is 31.2 Å². The average molecular weight is 302 g/mol. The molecule has 0 atom stereocenters. The molecule has 0 aliphatic carbocycles. The quantitative estimate of drug-likeness (QED) is 0.880. The standard InChI is InChI=1S/C10H12ClN5O2S/c1-2-19(17,18)12-7-10-13-14-15-16(10)9-5-3-8(11)4-6-9/h3-6,12H,2,7H2,1H3. The second-order valence-corrected chi connectivity index (χ2v) is 6.24. The van der Waals surface area contributed by atoms with Crippen molar-refractivity contribution in [1.29, 1.82) is 0 Å². The average Bonchev–Trinajstić information content (AvgIpc) is 2.86. The summed E-state index contributed by atoms with van der Waals surface area (Å²) >= 11 is 5.80. The second kappa shape index (κ2) is 5.64. The van der Waals surface area contributed by atoms with Crippen LogP contribution in [0.2, 0.25) is 5.02 Å². The van der Waals surface area contributed by atoms with E-state index in [-0.39, 0.29) is 12.3 Å². The normalized spacial score (nSPS) is 11.7. The minimum atomic E-state index is -3.28. The summed E-state index contributed by atoms with van der Waals surface area (Å²) in [5, 5.41) is 11.8. The summed E-state index contributed by atoms with van der Waals surface area (Å²) in [6.07, 6.45) is 0. The summed E-state index contributed by atoms with van der Waals surface area (Å²) in [5.74, 6) is 0.412. The predicted molar refractivity (Wildman–Crippen MR) is 70.5 cm³/mol. The van der Waals surface area contributed by atoms with Crippen LogP contribution in [0.1, 0.15) is 12.7 Å². The van der Waals surface area contributed by atoms with Gasteiger partial charge in [0.1, 0.15) is 0 Å². The zero-order valence-electron chi connectivity index (χ0n) is 10.1. The summed E-state index contributed by atoms with van der Waals surface area (Å²) in [5.41, 5.74) is 0.708. The largest absolute Gasteiger partial charge is 0.212 e. The maximum absolute atomic E-state index is 11.4. The highest BCUT2D eigenvalue weighted by Gasteiger charge is 2.12. The van der Waals surface area contributed by atoms with Crippen LogP contribution in [-0.4, -0.2) is 34.4 Å². The van der Waals surface area contributed by atoms with Gasteiger partial charge in [0.2, 0.25) is 10.0 Å². The molecule has 2 aromatic rings. The Morgan fingerprint density at radius 3 is 2.63 bits per heavy atom. The Labute approximate surface area is 115 Å². The summed E-state index contributed by atoms with van der Waals surface area (Å²) in [7, 11) is -3.28. The van der Waals surface area contributed by atoms with Crippen LogP contribution in [-0.2, 0) is 16.6 Å². The van der Waals surface area contributed by atoms with Crippen LogP contribution in [0, 0.1) is 0 Å². The Hall–Kier alpha value is -1.51. The smallest absolute Gasteiger partial charge is 0.211 e. The van der Waals surface area contributed by atoms with E-state index in [1.807, 2.05) is 0 Å². The fourth-order valence-electron chi connectivity index (χ4n) is 1.38. The van der Waals surface area contributed by atoms with Crippen molar-refractivity contribution in [2.45, 2.75) is 13.5 Å². The number of nitrogens with zero attached hydrogens (tertiary/aromatic N) is 4. The van der Waals surface area contributed by atoms with Crippen molar-refractivity contribution < 1.29 is 8.42 Å². The molecule has 1 aromatic heterocycles. The van der Waals surface area contributed by atoms with E-state index in [1.165, 1.54) is 4.68 Å². The molecule has 1 heterocycles. The van der Waals surface area contributed by atoms with Crippen molar-refractivity contribution in [1.82, 2.24) is 24.9 Å². The molecule has 9 heteroatoms. The van der Waals surface area contributed by atoms with E-state index in [0.29, 0.717) is 16.5 Å². The molecular weight excluding hydrogens is 290 g/mol. The third-order valence-electron chi connectivity index (χ3n) is 2.44. The molecule has 0 radical (unpaired) electrons. The molecular formula is C10H12ClN5O2S. The molecule has 0 bridgehead atoms. The molecule has 0 unspecified atom stereocenters. The molecule has 0 aliphatic rings. The fourth-order valence-corrected chi connectivity index (χ4v) is 2.05. The fraction of sp³-hybridized carbons (Fsp3) is 0.300. The van der Waals surface area contributed by atoms with Gasteiger partial charge in [-0.05, 0) is 41.6 Å². The first kappa shape index (κ1) is 13.9. The number of rotatable bonds is 5. The van der Waals surface area contributed by atoms with Crippen LogP contribution in [0.25, 0.3) is 5.69 Å². The lowest BCUT2D eigenvalue weighted by Gasteiger charge is -2.05. The van der Waals surface area contributed by atoms with Crippen LogP contribution in [0.3, 0.4) is 0 Å². The Bertz CT molecular complexity index is 653. The Morgan fingerprint density at radius 2 is 2.00 bits per heavy atom. The lowest BCUT2D eigenvalue weighted by Crippen LogP contribution is -2.26. The van der Waals surface area contributed by atoms with Gasteiger partial charge in [0.15, 0.2) is 5.82 Å². The highest BCUT2D eigenvalue weighted by Crippen LogP contribution is 2.13. The Kier molecular flexibility index (Phi) is 4.13. The topological polar surface area (TPSA) is 89.8 Å². The SMILES string of the molecule is CCS(=O)(=O)NCc1nnnn1-c1ccc(Cl)cc1. The van der Waals surface area contributed by atoms with Gasteiger partial charge in [0.05, 0.1) is 18.0 Å². The van der Waals surface area contributed by atoms with Gasteiger partial charge in [-0.2, -0.15) is 4.68 Å². The van der Waals surface area contributed by atoms with Gasteiger partial charge < -0.3 is 0 Å². The lowest BCUT2D eigenvalue weighted by molar-refractivity contribution is 0.579. The maximum Gasteiger partial charge on any atom is 0.211 e. The molecule has 19 heavy (non-hydrogen) atoms. The van der Waals surface area contributed by atoms with Gasteiger partial charge in [-0.25, -0.2) is 13.1 Å². The van der Waals surface area contributed by atoms with E-state index in [4.69, 9.17) is 11.6 Å². The lowest BCUT2D eigenvalue weighted by atomic mass is 10.3. The molecule has 0 saturated carbocycles. The first-order valence-corrected chi connectivity index (χ1v) is 7.55. The molecule has 0 amide bonds. The van der Waals surface area contributed by atoms with Crippen LogP contribution in [0.4, 0.5) is 0 Å². The Morgan fingerprint density at radius 1 is 1.32 bits per heavy atom. The number of aromatic nitrogens is 4. The zero-order chi connectivity index (χ0) is 13.9. The summed E-state index contributed by atoms with van der Waals surface area (Å²) in [6.45, 7) is 1.59. The molecule has 2 rings (SSSR count). The third-order valence-corrected chi connectivity index (χ3v) is 4.03. The molecule has 0 fully saturated rings. The number of sulfonamides is 1. The highest BCUT2D eigenvalue weighted by molar-refractivity contribution is 7.89. The number of halogens is 1. The predicted octanol–water partition coefficient (Wildman–Crippen LogP) is 0.755. The number of hydrogen-bond acceptors (Lipinski definition) is 5. The van der Waals surface area contributed by atoms with Gasteiger partial charge in [-0.1, -0.05) is 11.6 Å². The van der Waals surface area contributed by atoms with Crippen molar-refractivity contribution in [3.05, 3.63) is 35.1 Å². The molecule has 1 aromatic carbocycles. The van der Waals surface area contributed by atoms with Crippen molar-refractivity contribution in [3.8, 4) is 5.69 Å². The summed E-state index contributed by atoms with van der Waals surface area (Å²) in [6, 6.07) is 6.91. The molecule has 0 aliphatic heterocycles. The van der Waals surface area contributed by atoms with Crippen molar-refractivity contribution >= 4 is 21.6 Å². The number of nitrogens with one attached hydrogen (secondary N) is 1. The van der Waals surface area contributed by atoms with Gasteiger partial charge in [0, 0.05) is 5.02 Å². The van der Waals surface area contributed by atoms with E-state index in [9.17, 15) is 8.42 Å². The van der Waals surface area contributed by atoms with Crippen molar-refractivity contribution in [2.75, 3.05) is 5.75 Å². The van der Waals surface area contributed by atoms with Gasteiger partial charge in [-0.3, -0.25) is 0 Å². The molecule has 1 N–H and O–H groups in total. The highest BCUT2D eigenvalue weighted by atomic mass is 35.5.